The lowest BCUT2D eigenvalue weighted by atomic mass is 10.2. The molecule has 4 aromatic rings. The van der Waals surface area contributed by atoms with Gasteiger partial charge in [-0.05, 0) is 56.1 Å². The van der Waals surface area contributed by atoms with E-state index in [2.05, 4.69) is 94.1 Å². The first-order valence-electron chi connectivity index (χ1n) is 8.92. The van der Waals surface area contributed by atoms with Gasteiger partial charge < -0.3 is 20.2 Å². The molecule has 4 rings (SSSR count). The van der Waals surface area contributed by atoms with Gasteiger partial charge in [-0.1, -0.05) is 31.9 Å². The summed E-state index contributed by atoms with van der Waals surface area (Å²) >= 11 is 13.4. The molecule has 0 fully saturated rings. The van der Waals surface area contributed by atoms with E-state index in [1.807, 2.05) is 0 Å². The van der Waals surface area contributed by atoms with Gasteiger partial charge in [0.25, 0.3) is 11.8 Å². The number of fused-ring (bicyclic) bond motifs is 2. The molecule has 168 valence electrons. The van der Waals surface area contributed by atoms with Crippen molar-refractivity contribution in [3.8, 4) is 11.8 Å². The Hall–Kier alpha value is -2.42. The van der Waals surface area contributed by atoms with Gasteiger partial charge in [-0.25, -0.2) is 0 Å². The van der Waals surface area contributed by atoms with Gasteiger partial charge in [-0.2, -0.15) is 0 Å². The monoisotopic (exact) mass is 702 g/mol. The van der Waals surface area contributed by atoms with Crippen molar-refractivity contribution in [3.05, 3.63) is 42.2 Å². The van der Waals surface area contributed by atoms with Crippen LogP contribution in [-0.4, -0.2) is 32.0 Å². The summed E-state index contributed by atoms with van der Waals surface area (Å²) in [4.78, 5) is 29.7. The Morgan fingerprint density at radius 3 is 1.52 bits per heavy atom. The SMILES string of the molecule is O=C(CC(=O)N=Nc1c(O)[nH]c2c(Br)cc(Br)cc12)N=Nc1c(O)[nH]c2c(Br)cc(Br)cc12. The predicted molar refractivity (Wildman–Crippen MR) is 134 cm³/mol. The summed E-state index contributed by atoms with van der Waals surface area (Å²) in [5.41, 5.74) is 1.24. The topological polar surface area (TPSA) is 156 Å². The number of H-pyrrole nitrogens is 2. The molecule has 2 aromatic heterocycles. The Labute approximate surface area is 218 Å². The second kappa shape index (κ2) is 9.44. The van der Waals surface area contributed by atoms with E-state index in [4.69, 9.17) is 0 Å². The number of nitrogens with zero attached hydrogens (tertiary/aromatic N) is 4. The van der Waals surface area contributed by atoms with Gasteiger partial charge in [-0.15, -0.1) is 20.5 Å². The number of azo groups is 2. The molecule has 0 aliphatic heterocycles. The van der Waals surface area contributed by atoms with E-state index in [0.29, 0.717) is 30.8 Å². The number of halogens is 4. The van der Waals surface area contributed by atoms with E-state index in [9.17, 15) is 19.8 Å². The number of hydrogen-bond acceptors (Lipinski definition) is 6. The molecule has 0 aliphatic carbocycles. The molecule has 4 N–H and O–H groups in total. The minimum atomic E-state index is -0.879. The second-order valence-corrected chi connectivity index (χ2v) is 10.2. The van der Waals surface area contributed by atoms with Crippen LogP contribution in [0.15, 0.2) is 62.6 Å². The number of nitrogens with one attached hydrogen (secondary N) is 2. The Morgan fingerprint density at radius 2 is 1.12 bits per heavy atom. The van der Waals surface area contributed by atoms with Gasteiger partial charge in [0.2, 0.25) is 11.8 Å². The van der Waals surface area contributed by atoms with Crippen molar-refractivity contribution in [1.29, 1.82) is 0 Å². The van der Waals surface area contributed by atoms with E-state index in [-0.39, 0.29) is 23.1 Å². The van der Waals surface area contributed by atoms with E-state index < -0.39 is 18.2 Å². The van der Waals surface area contributed by atoms with Crippen LogP contribution in [0.1, 0.15) is 6.42 Å². The van der Waals surface area contributed by atoms with Crippen LogP contribution in [-0.2, 0) is 9.59 Å². The summed E-state index contributed by atoms with van der Waals surface area (Å²) in [7, 11) is 0. The lowest BCUT2D eigenvalue weighted by Crippen LogP contribution is -2.01. The molecule has 33 heavy (non-hydrogen) atoms. The average molecular weight is 706 g/mol. The van der Waals surface area contributed by atoms with Crippen molar-refractivity contribution in [2.24, 2.45) is 20.5 Å². The van der Waals surface area contributed by atoms with Crippen molar-refractivity contribution >= 4 is 109 Å². The maximum Gasteiger partial charge on any atom is 0.274 e. The highest BCUT2D eigenvalue weighted by atomic mass is 79.9. The molecule has 0 aliphatic rings. The van der Waals surface area contributed by atoms with Gasteiger partial charge in [0.15, 0.2) is 11.4 Å². The Balaban J connectivity index is 1.51. The molecular formula is C19H10Br4N6O4. The highest BCUT2D eigenvalue weighted by Gasteiger charge is 2.17. The Bertz CT molecular complexity index is 1400. The smallest absolute Gasteiger partial charge is 0.274 e. The summed E-state index contributed by atoms with van der Waals surface area (Å²) in [5, 5.41) is 35.8. The lowest BCUT2D eigenvalue weighted by Gasteiger charge is -1.96. The zero-order valence-corrected chi connectivity index (χ0v) is 22.4. The molecule has 0 saturated carbocycles. The van der Waals surface area contributed by atoms with Crippen molar-refractivity contribution in [2.75, 3.05) is 0 Å². The van der Waals surface area contributed by atoms with Crippen LogP contribution < -0.4 is 0 Å². The number of carbonyl (C=O) groups is 2. The summed E-state index contributed by atoms with van der Waals surface area (Å²) < 4.78 is 2.79. The molecule has 2 aromatic carbocycles. The first kappa shape index (κ1) is 23.7. The number of hydrogen-bond donors (Lipinski definition) is 4. The second-order valence-electron chi connectivity index (χ2n) is 6.63. The van der Waals surface area contributed by atoms with Crippen LogP contribution in [0.2, 0.25) is 0 Å². The number of carbonyl (C=O) groups excluding carboxylic acids is 2. The van der Waals surface area contributed by atoms with E-state index in [1.54, 1.807) is 24.3 Å². The lowest BCUT2D eigenvalue weighted by molar-refractivity contribution is -0.126. The Kier molecular flexibility index (Phi) is 6.79. The zero-order chi connectivity index (χ0) is 23.9. The third-order valence-electron chi connectivity index (χ3n) is 4.38. The summed E-state index contributed by atoms with van der Waals surface area (Å²) in [6, 6.07) is 6.94. The number of aromatic hydroxyl groups is 2. The van der Waals surface area contributed by atoms with Crippen LogP contribution >= 0.6 is 63.7 Å². The van der Waals surface area contributed by atoms with Crippen molar-refractivity contribution in [3.63, 3.8) is 0 Å². The first-order valence-corrected chi connectivity index (χ1v) is 12.1. The molecule has 10 nitrogen and oxygen atoms in total. The fourth-order valence-electron chi connectivity index (χ4n) is 3.00. The molecule has 2 heterocycles. The zero-order valence-electron chi connectivity index (χ0n) is 16.0. The molecule has 0 unspecified atom stereocenters. The van der Waals surface area contributed by atoms with E-state index >= 15 is 0 Å². The van der Waals surface area contributed by atoms with Gasteiger partial charge in [-0.3, -0.25) is 9.59 Å². The predicted octanol–water partition coefficient (Wildman–Crippen LogP) is 7.42. The molecule has 0 saturated heterocycles. The summed E-state index contributed by atoms with van der Waals surface area (Å²) in [6.45, 7) is 0. The standard InChI is InChI=1S/C19H10Br4N6O4/c20-6-1-8-14(10(22)3-6)24-18(32)16(8)28-26-12(30)5-13(31)27-29-17-9-2-7(21)4-11(23)15(9)25-19(17)33/h1-4,24-25,32-33H,5H2. The number of aromatic nitrogens is 2. The molecular weight excluding hydrogens is 696 g/mol. The largest absolute Gasteiger partial charge is 0.493 e. The fraction of sp³-hybridized carbons (Fsp3) is 0.0526. The van der Waals surface area contributed by atoms with E-state index in [1.165, 1.54) is 0 Å². The minimum Gasteiger partial charge on any atom is -0.493 e. The summed E-state index contributed by atoms with van der Waals surface area (Å²) in [6.07, 6.45) is -0.694. The molecule has 0 radical (unpaired) electrons. The highest BCUT2D eigenvalue weighted by Crippen LogP contribution is 2.41. The molecule has 0 spiro atoms. The molecule has 14 heteroatoms. The van der Waals surface area contributed by atoms with Crippen LogP contribution in [0.5, 0.6) is 11.8 Å². The van der Waals surface area contributed by atoms with Crippen molar-refractivity contribution < 1.29 is 19.8 Å². The molecule has 0 bridgehead atoms. The van der Waals surface area contributed by atoms with Gasteiger partial charge in [0.05, 0.1) is 11.0 Å². The van der Waals surface area contributed by atoms with Crippen LogP contribution in [0.25, 0.3) is 21.8 Å². The molecule has 0 atom stereocenters. The van der Waals surface area contributed by atoms with E-state index in [0.717, 1.165) is 8.95 Å². The first-order chi connectivity index (χ1) is 15.6. The Morgan fingerprint density at radius 1 is 0.727 bits per heavy atom. The van der Waals surface area contributed by atoms with Gasteiger partial charge in [0, 0.05) is 28.7 Å². The number of rotatable bonds is 4. The number of amides is 2. The van der Waals surface area contributed by atoms with Crippen LogP contribution in [0.4, 0.5) is 11.4 Å². The summed E-state index contributed by atoms with van der Waals surface area (Å²) in [5.74, 6) is -2.32. The normalized spacial score (nSPS) is 12.0. The maximum atomic E-state index is 12.1. The number of aromatic amines is 2. The third-order valence-corrected chi connectivity index (χ3v) is 6.55. The van der Waals surface area contributed by atoms with Gasteiger partial charge in [0.1, 0.15) is 6.42 Å². The third kappa shape index (κ3) is 4.93. The van der Waals surface area contributed by atoms with Crippen LogP contribution in [0.3, 0.4) is 0 Å². The maximum absolute atomic E-state index is 12.1. The quantitative estimate of drug-likeness (QED) is 0.129. The average Bonchev–Trinajstić information content (AvgIpc) is 3.21. The van der Waals surface area contributed by atoms with Crippen molar-refractivity contribution in [2.45, 2.75) is 6.42 Å². The highest BCUT2D eigenvalue weighted by molar-refractivity contribution is 9.11. The number of benzene rings is 2. The minimum absolute atomic E-state index is 0.0503. The fourth-order valence-corrected chi connectivity index (χ4v) is 5.65. The van der Waals surface area contributed by atoms with Crippen molar-refractivity contribution in [1.82, 2.24) is 9.97 Å². The molecule has 2 amide bonds. The van der Waals surface area contributed by atoms with Crippen LogP contribution in [0, 0.1) is 0 Å². The van der Waals surface area contributed by atoms with Gasteiger partial charge >= 0.3 is 0 Å².